The number of hydrogen-bond acceptors (Lipinski definition) is 2. The summed E-state index contributed by atoms with van der Waals surface area (Å²) >= 11 is 0. The van der Waals surface area contributed by atoms with Crippen LogP contribution in [0.1, 0.15) is 13.3 Å². The van der Waals surface area contributed by atoms with Gasteiger partial charge in [-0.3, -0.25) is 0 Å². The monoisotopic (exact) mass is 182 g/mol. The summed E-state index contributed by atoms with van der Waals surface area (Å²) in [5.41, 5.74) is 5.11. The largest absolute Gasteiger partial charge is 0.459 e. The molecule has 0 spiro atoms. The number of hydrogen-bond donors (Lipinski definition) is 1. The first kappa shape index (κ1) is 9.80. The van der Waals surface area contributed by atoms with E-state index < -0.39 is 6.30 Å². The zero-order valence-corrected chi connectivity index (χ0v) is 6.99. The average Bonchev–Trinajstić information content (AvgIpc) is 1.85. The molecule has 1 saturated heterocycles. The van der Waals surface area contributed by atoms with Crippen molar-refractivity contribution in [3.63, 3.8) is 0 Å². The van der Waals surface area contributed by atoms with Crippen LogP contribution in [0.2, 0.25) is 0 Å². The summed E-state index contributed by atoms with van der Waals surface area (Å²) in [6.45, 7) is 2.34. The van der Waals surface area contributed by atoms with Crippen molar-refractivity contribution in [3.8, 4) is 0 Å². The Morgan fingerprint density at radius 3 is 2.17 bits per heavy atom. The van der Waals surface area contributed by atoms with Crippen LogP contribution in [0.25, 0.3) is 0 Å². The highest BCUT2D eigenvalue weighted by Gasteiger charge is 2.51. The van der Waals surface area contributed by atoms with Gasteiger partial charge in [-0.15, -0.1) is 0 Å². The molecule has 0 aromatic carbocycles. The SMILES string of the molecule is CCC1(CN)CN(C(F)(F)F)C1. The Bertz CT molecular complexity index is 155. The van der Waals surface area contributed by atoms with Gasteiger partial charge in [0.1, 0.15) is 0 Å². The normalized spacial score (nSPS) is 23.8. The second-order valence-electron chi connectivity index (χ2n) is 3.38. The molecular formula is C7H13F3N2. The quantitative estimate of drug-likeness (QED) is 0.650. The lowest BCUT2D eigenvalue weighted by molar-refractivity contribution is -0.290. The zero-order valence-electron chi connectivity index (χ0n) is 6.99. The Morgan fingerprint density at radius 1 is 1.42 bits per heavy atom. The van der Waals surface area contributed by atoms with Crippen LogP contribution < -0.4 is 5.73 Å². The minimum absolute atomic E-state index is 0.0590. The molecule has 1 fully saturated rings. The van der Waals surface area contributed by atoms with Crippen LogP contribution in [-0.4, -0.2) is 30.8 Å². The predicted octanol–water partition coefficient (Wildman–Crippen LogP) is 1.18. The van der Waals surface area contributed by atoms with Crippen LogP contribution in [0.3, 0.4) is 0 Å². The van der Waals surface area contributed by atoms with Crippen molar-refractivity contribution < 1.29 is 13.2 Å². The standard InChI is InChI=1S/C7H13F3N2/c1-2-6(3-11)4-12(5-6)7(8,9)10/h2-5,11H2,1H3. The third kappa shape index (κ3) is 1.56. The lowest BCUT2D eigenvalue weighted by Crippen LogP contribution is -2.63. The number of rotatable bonds is 2. The molecule has 0 aliphatic carbocycles. The Hall–Kier alpha value is -0.290. The number of nitrogens with two attached hydrogens (primary N) is 1. The van der Waals surface area contributed by atoms with Crippen LogP contribution in [0, 0.1) is 5.41 Å². The molecule has 0 radical (unpaired) electrons. The number of alkyl halides is 3. The summed E-state index contributed by atoms with van der Waals surface area (Å²) in [5, 5.41) is 0. The fraction of sp³-hybridized carbons (Fsp3) is 1.00. The van der Waals surface area contributed by atoms with E-state index in [0.717, 1.165) is 6.42 Å². The van der Waals surface area contributed by atoms with Gasteiger partial charge in [0.05, 0.1) is 0 Å². The topological polar surface area (TPSA) is 29.3 Å². The van der Waals surface area contributed by atoms with Crippen molar-refractivity contribution in [1.29, 1.82) is 0 Å². The summed E-state index contributed by atoms with van der Waals surface area (Å²) < 4.78 is 36.0. The fourth-order valence-electron chi connectivity index (χ4n) is 1.44. The first-order valence-corrected chi connectivity index (χ1v) is 3.95. The van der Waals surface area contributed by atoms with Crippen LogP contribution >= 0.6 is 0 Å². The molecule has 2 nitrogen and oxygen atoms in total. The van der Waals surface area contributed by atoms with Crippen LogP contribution in [0.5, 0.6) is 0 Å². The summed E-state index contributed by atoms with van der Waals surface area (Å²) in [5.74, 6) is 0. The first-order chi connectivity index (χ1) is 5.43. The molecule has 1 heterocycles. The molecule has 2 N–H and O–H groups in total. The summed E-state index contributed by atoms with van der Waals surface area (Å²) in [7, 11) is 0. The van der Waals surface area contributed by atoms with E-state index in [-0.39, 0.29) is 18.5 Å². The second-order valence-corrected chi connectivity index (χ2v) is 3.38. The summed E-state index contributed by atoms with van der Waals surface area (Å²) in [4.78, 5) is 0.503. The third-order valence-corrected chi connectivity index (χ3v) is 2.59. The maximum absolute atomic E-state index is 12.0. The first-order valence-electron chi connectivity index (χ1n) is 3.95. The van der Waals surface area contributed by atoms with Gasteiger partial charge in [0.25, 0.3) is 0 Å². The van der Waals surface area contributed by atoms with Gasteiger partial charge in [0, 0.05) is 25.0 Å². The van der Waals surface area contributed by atoms with Gasteiger partial charge in [-0.05, 0) is 6.42 Å². The minimum Gasteiger partial charge on any atom is -0.330 e. The Balaban J connectivity index is 2.45. The molecule has 0 bridgehead atoms. The van der Waals surface area contributed by atoms with Gasteiger partial charge in [0.15, 0.2) is 0 Å². The van der Waals surface area contributed by atoms with E-state index in [1.807, 2.05) is 6.92 Å². The van der Waals surface area contributed by atoms with Crippen molar-refractivity contribution in [2.45, 2.75) is 19.6 Å². The minimum atomic E-state index is -4.17. The molecule has 0 atom stereocenters. The van der Waals surface area contributed by atoms with Crippen molar-refractivity contribution in [2.75, 3.05) is 19.6 Å². The molecule has 0 amide bonds. The molecule has 72 valence electrons. The van der Waals surface area contributed by atoms with Crippen molar-refractivity contribution >= 4 is 0 Å². The van der Waals surface area contributed by atoms with E-state index in [0.29, 0.717) is 11.4 Å². The zero-order chi connectivity index (χ0) is 9.41. The fourth-order valence-corrected chi connectivity index (χ4v) is 1.44. The van der Waals surface area contributed by atoms with Crippen LogP contribution in [0.4, 0.5) is 13.2 Å². The van der Waals surface area contributed by atoms with Crippen LogP contribution in [-0.2, 0) is 0 Å². The van der Waals surface area contributed by atoms with Gasteiger partial charge in [-0.1, -0.05) is 6.92 Å². The van der Waals surface area contributed by atoms with Crippen LogP contribution in [0.15, 0.2) is 0 Å². The van der Waals surface area contributed by atoms with Gasteiger partial charge in [0.2, 0.25) is 0 Å². The van der Waals surface area contributed by atoms with Crippen molar-refractivity contribution in [2.24, 2.45) is 11.1 Å². The van der Waals surface area contributed by atoms with Gasteiger partial charge < -0.3 is 5.73 Å². The summed E-state index contributed by atoms with van der Waals surface area (Å²) in [6, 6.07) is 0. The Morgan fingerprint density at radius 2 is 1.92 bits per heavy atom. The van der Waals surface area contributed by atoms with Gasteiger partial charge in [-0.2, -0.15) is 13.2 Å². The maximum Gasteiger partial charge on any atom is 0.459 e. The highest BCUT2D eigenvalue weighted by Crippen LogP contribution is 2.39. The smallest absolute Gasteiger partial charge is 0.330 e. The molecule has 1 aliphatic rings. The number of halogens is 3. The number of likely N-dealkylation sites (tertiary alicyclic amines) is 1. The van der Waals surface area contributed by atoms with Crippen molar-refractivity contribution in [1.82, 2.24) is 4.90 Å². The van der Waals surface area contributed by atoms with E-state index in [9.17, 15) is 13.2 Å². The predicted molar refractivity (Wildman–Crippen MR) is 39.4 cm³/mol. The van der Waals surface area contributed by atoms with E-state index in [2.05, 4.69) is 0 Å². The Labute approximate surface area is 69.5 Å². The molecular weight excluding hydrogens is 169 g/mol. The number of nitrogens with zero attached hydrogens (tertiary/aromatic N) is 1. The second kappa shape index (κ2) is 2.88. The summed E-state index contributed by atoms with van der Waals surface area (Å²) in [6.07, 6.45) is -3.45. The van der Waals surface area contributed by atoms with E-state index in [1.165, 1.54) is 0 Å². The molecule has 0 saturated carbocycles. The molecule has 0 aromatic rings. The molecule has 0 unspecified atom stereocenters. The maximum atomic E-state index is 12.0. The lowest BCUT2D eigenvalue weighted by atomic mass is 9.78. The van der Waals surface area contributed by atoms with Crippen molar-refractivity contribution in [3.05, 3.63) is 0 Å². The average molecular weight is 182 g/mol. The van der Waals surface area contributed by atoms with E-state index in [1.54, 1.807) is 0 Å². The molecule has 0 aromatic heterocycles. The van der Waals surface area contributed by atoms with Gasteiger partial charge in [-0.25, -0.2) is 4.90 Å². The molecule has 5 heteroatoms. The van der Waals surface area contributed by atoms with E-state index in [4.69, 9.17) is 5.73 Å². The highest BCUT2D eigenvalue weighted by atomic mass is 19.4. The lowest BCUT2D eigenvalue weighted by Gasteiger charge is -2.49. The van der Waals surface area contributed by atoms with E-state index >= 15 is 0 Å². The van der Waals surface area contributed by atoms with Gasteiger partial charge >= 0.3 is 6.30 Å². The third-order valence-electron chi connectivity index (χ3n) is 2.59. The molecule has 12 heavy (non-hydrogen) atoms. The Kier molecular flexibility index (Phi) is 2.35. The highest BCUT2D eigenvalue weighted by molar-refractivity contribution is 4.95. The molecule has 1 rings (SSSR count). The molecule has 1 aliphatic heterocycles.